The second kappa shape index (κ2) is 7.32. The molecule has 0 radical (unpaired) electrons. The number of nitrogens with zero attached hydrogens (tertiary/aromatic N) is 1. The molecule has 1 fully saturated rings. The predicted octanol–water partition coefficient (Wildman–Crippen LogP) is 3.93. The molecule has 1 aliphatic heterocycles. The van der Waals surface area contributed by atoms with Crippen LogP contribution in [0.4, 0.5) is 0 Å². The summed E-state index contributed by atoms with van der Waals surface area (Å²) in [6.07, 6.45) is 3.81. The number of benzene rings is 2. The molecule has 23 heavy (non-hydrogen) atoms. The molecule has 1 N–H and O–H groups in total. The number of carbonyl (C=O) groups is 1. The van der Waals surface area contributed by atoms with E-state index in [9.17, 15) is 9.90 Å². The summed E-state index contributed by atoms with van der Waals surface area (Å²) in [5, 5.41) is 10.2. The normalized spacial score (nSPS) is 16.1. The molecule has 0 spiro atoms. The van der Waals surface area contributed by atoms with E-state index in [1.807, 2.05) is 53.4 Å². The Balaban J connectivity index is 1.87. The van der Waals surface area contributed by atoms with Gasteiger partial charge in [0.1, 0.15) is 5.75 Å². The van der Waals surface area contributed by atoms with Crippen molar-refractivity contribution < 1.29 is 9.90 Å². The van der Waals surface area contributed by atoms with E-state index in [0.717, 1.165) is 37.1 Å². The Morgan fingerprint density at radius 3 is 2.30 bits per heavy atom. The summed E-state index contributed by atoms with van der Waals surface area (Å²) in [4.78, 5) is 14.7. The van der Waals surface area contributed by atoms with Crippen molar-refractivity contribution in [1.82, 2.24) is 4.90 Å². The minimum atomic E-state index is -0.105. The lowest BCUT2D eigenvalue weighted by atomic mass is 9.87. The third-order valence-corrected chi connectivity index (χ3v) is 4.60. The van der Waals surface area contributed by atoms with Crippen molar-refractivity contribution in [2.24, 2.45) is 0 Å². The van der Waals surface area contributed by atoms with Gasteiger partial charge in [0.25, 0.3) is 0 Å². The lowest BCUT2D eigenvalue weighted by molar-refractivity contribution is -0.132. The molecular formula is C20H23NO2. The van der Waals surface area contributed by atoms with Gasteiger partial charge < -0.3 is 10.0 Å². The van der Waals surface area contributed by atoms with Gasteiger partial charge in [-0.25, -0.2) is 0 Å². The number of rotatable bonds is 4. The van der Waals surface area contributed by atoms with E-state index in [2.05, 4.69) is 0 Å². The first kappa shape index (κ1) is 15.6. The molecule has 0 unspecified atom stereocenters. The van der Waals surface area contributed by atoms with Crippen LogP contribution in [0.15, 0.2) is 54.6 Å². The lowest BCUT2D eigenvalue weighted by Gasteiger charge is -2.29. The standard InChI is InChI=1S/C20H23NO2/c22-19-12-6-5-11-17(19)18(16-9-3-1-4-10-16)15-20(23)21-13-7-2-8-14-21/h1,3-6,9-12,18,22H,2,7-8,13-15H2/t18-/m0/s1. The van der Waals surface area contributed by atoms with Gasteiger partial charge in [-0.2, -0.15) is 0 Å². The van der Waals surface area contributed by atoms with Gasteiger partial charge in [-0.3, -0.25) is 4.79 Å². The molecule has 120 valence electrons. The minimum absolute atomic E-state index is 0.105. The Bertz CT molecular complexity index is 648. The highest BCUT2D eigenvalue weighted by atomic mass is 16.3. The predicted molar refractivity (Wildman–Crippen MR) is 91.4 cm³/mol. The highest BCUT2D eigenvalue weighted by Gasteiger charge is 2.24. The first-order valence-corrected chi connectivity index (χ1v) is 8.36. The first-order valence-electron chi connectivity index (χ1n) is 8.36. The third-order valence-electron chi connectivity index (χ3n) is 4.60. The molecular weight excluding hydrogens is 286 g/mol. The van der Waals surface area contributed by atoms with E-state index in [1.54, 1.807) is 6.07 Å². The van der Waals surface area contributed by atoms with Crippen molar-refractivity contribution >= 4 is 5.91 Å². The molecule has 3 nitrogen and oxygen atoms in total. The van der Waals surface area contributed by atoms with Crippen LogP contribution in [0, 0.1) is 0 Å². The quantitative estimate of drug-likeness (QED) is 0.929. The van der Waals surface area contributed by atoms with Gasteiger partial charge in [0, 0.05) is 31.0 Å². The summed E-state index contributed by atoms with van der Waals surface area (Å²) in [6, 6.07) is 17.3. The van der Waals surface area contributed by atoms with Gasteiger partial charge in [0.15, 0.2) is 0 Å². The number of para-hydroxylation sites is 1. The van der Waals surface area contributed by atoms with Crippen LogP contribution in [0.2, 0.25) is 0 Å². The van der Waals surface area contributed by atoms with Gasteiger partial charge in [-0.05, 0) is 30.9 Å². The van der Waals surface area contributed by atoms with Gasteiger partial charge in [0.2, 0.25) is 5.91 Å². The molecule has 1 saturated heterocycles. The fourth-order valence-corrected chi connectivity index (χ4v) is 3.32. The Hall–Kier alpha value is -2.29. The zero-order valence-electron chi connectivity index (χ0n) is 13.3. The largest absolute Gasteiger partial charge is 0.508 e. The number of carbonyl (C=O) groups excluding carboxylic acids is 1. The summed E-state index contributed by atoms with van der Waals surface area (Å²) in [7, 11) is 0. The van der Waals surface area contributed by atoms with Crippen molar-refractivity contribution in [2.45, 2.75) is 31.6 Å². The van der Waals surface area contributed by atoms with Crippen molar-refractivity contribution in [1.29, 1.82) is 0 Å². The first-order chi connectivity index (χ1) is 11.3. The molecule has 1 heterocycles. The molecule has 1 amide bonds. The highest BCUT2D eigenvalue weighted by molar-refractivity contribution is 5.78. The van der Waals surface area contributed by atoms with Crippen LogP contribution in [0.5, 0.6) is 5.75 Å². The van der Waals surface area contributed by atoms with E-state index >= 15 is 0 Å². The number of amides is 1. The summed E-state index contributed by atoms with van der Waals surface area (Å²) in [6.45, 7) is 1.72. The maximum Gasteiger partial charge on any atom is 0.223 e. The zero-order chi connectivity index (χ0) is 16.1. The van der Waals surface area contributed by atoms with E-state index in [4.69, 9.17) is 0 Å². The molecule has 0 saturated carbocycles. The molecule has 0 aliphatic carbocycles. The number of aromatic hydroxyl groups is 1. The Morgan fingerprint density at radius 2 is 1.61 bits per heavy atom. The van der Waals surface area contributed by atoms with Crippen molar-refractivity contribution in [3.05, 3.63) is 65.7 Å². The minimum Gasteiger partial charge on any atom is -0.508 e. The SMILES string of the molecule is O=C(C[C@@H](c1ccccc1)c1ccccc1O)N1CCCCC1. The average Bonchev–Trinajstić information content (AvgIpc) is 2.62. The molecule has 3 heteroatoms. The fraction of sp³-hybridized carbons (Fsp3) is 0.350. The number of hydrogen-bond acceptors (Lipinski definition) is 2. The number of piperidine rings is 1. The second-order valence-electron chi connectivity index (χ2n) is 6.17. The summed E-state index contributed by atoms with van der Waals surface area (Å²) in [5.74, 6) is 0.335. The number of phenols is 1. The Kier molecular flexibility index (Phi) is 4.96. The van der Waals surface area contributed by atoms with Crippen LogP contribution in [0.25, 0.3) is 0 Å². The van der Waals surface area contributed by atoms with Gasteiger partial charge in [0.05, 0.1) is 0 Å². The van der Waals surface area contributed by atoms with Gasteiger partial charge in [-0.15, -0.1) is 0 Å². The molecule has 3 rings (SSSR count). The van der Waals surface area contributed by atoms with Crippen LogP contribution < -0.4 is 0 Å². The summed E-state index contributed by atoms with van der Waals surface area (Å²) in [5.41, 5.74) is 1.89. The van der Waals surface area contributed by atoms with E-state index in [1.165, 1.54) is 6.42 Å². The molecule has 0 aromatic heterocycles. The number of phenolic OH excluding ortho intramolecular Hbond substituents is 1. The molecule has 1 aliphatic rings. The van der Waals surface area contributed by atoms with Crippen molar-refractivity contribution in [3.8, 4) is 5.75 Å². The maximum atomic E-state index is 12.7. The Labute approximate surface area is 137 Å². The van der Waals surface area contributed by atoms with Crippen molar-refractivity contribution in [3.63, 3.8) is 0 Å². The topological polar surface area (TPSA) is 40.5 Å². The van der Waals surface area contributed by atoms with E-state index < -0.39 is 0 Å². The van der Waals surface area contributed by atoms with Gasteiger partial charge >= 0.3 is 0 Å². The van der Waals surface area contributed by atoms with Crippen LogP contribution >= 0.6 is 0 Å². The number of likely N-dealkylation sites (tertiary alicyclic amines) is 1. The van der Waals surface area contributed by atoms with Crippen molar-refractivity contribution in [2.75, 3.05) is 13.1 Å². The molecule has 1 atom stereocenters. The molecule has 2 aromatic rings. The van der Waals surface area contributed by atoms with Crippen LogP contribution in [-0.2, 0) is 4.79 Å². The lowest BCUT2D eigenvalue weighted by Crippen LogP contribution is -2.36. The summed E-state index contributed by atoms with van der Waals surface area (Å²) >= 11 is 0. The highest BCUT2D eigenvalue weighted by Crippen LogP contribution is 2.34. The average molecular weight is 309 g/mol. The molecule has 2 aromatic carbocycles. The van der Waals surface area contributed by atoms with E-state index in [0.29, 0.717) is 6.42 Å². The molecule has 0 bridgehead atoms. The Morgan fingerprint density at radius 1 is 0.957 bits per heavy atom. The number of hydrogen-bond donors (Lipinski definition) is 1. The van der Waals surface area contributed by atoms with Crippen LogP contribution in [0.3, 0.4) is 0 Å². The second-order valence-corrected chi connectivity index (χ2v) is 6.17. The van der Waals surface area contributed by atoms with Crippen LogP contribution in [0.1, 0.15) is 42.7 Å². The maximum absolute atomic E-state index is 12.7. The monoisotopic (exact) mass is 309 g/mol. The third kappa shape index (κ3) is 3.73. The van der Waals surface area contributed by atoms with Gasteiger partial charge in [-0.1, -0.05) is 48.5 Å². The smallest absolute Gasteiger partial charge is 0.223 e. The van der Waals surface area contributed by atoms with E-state index in [-0.39, 0.29) is 17.6 Å². The van der Waals surface area contributed by atoms with Crippen LogP contribution in [-0.4, -0.2) is 29.0 Å². The fourth-order valence-electron chi connectivity index (χ4n) is 3.32. The zero-order valence-corrected chi connectivity index (χ0v) is 13.3. The summed E-state index contributed by atoms with van der Waals surface area (Å²) < 4.78 is 0.